The van der Waals surface area contributed by atoms with Crippen molar-refractivity contribution in [2.24, 2.45) is 0 Å². The van der Waals surface area contributed by atoms with Gasteiger partial charge in [0.05, 0.1) is 36.8 Å². The zero-order valence-corrected chi connectivity index (χ0v) is 16.2. The van der Waals surface area contributed by atoms with E-state index in [9.17, 15) is 13.2 Å². The monoisotopic (exact) mass is 403 g/mol. The molecule has 4 rings (SSSR count). The number of aryl methyl sites for hydroxylation is 1. The van der Waals surface area contributed by atoms with Crippen molar-refractivity contribution in [1.29, 1.82) is 0 Å². The molecule has 0 radical (unpaired) electrons. The maximum Gasteiger partial charge on any atom is 0.419 e. The topological polar surface area (TPSA) is 49.2 Å². The van der Waals surface area contributed by atoms with Crippen molar-refractivity contribution in [3.8, 4) is 22.7 Å². The fourth-order valence-corrected chi connectivity index (χ4v) is 3.58. The molecule has 29 heavy (non-hydrogen) atoms. The normalized spacial score (nSPS) is 16.6. The summed E-state index contributed by atoms with van der Waals surface area (Å²) in [6.07, 6.45) is -0.422. The summed E-state index contributed by atoms with van der Waals surface area (Å²) in [7, 11) is 1.23. The largest absolute Gasteiger partial charge is 0.496 e. The first-order valence-corrected chi connectivity index (χ1v) is 9.18. The van der Waals surface area contributed by atoms with Crippen LogP contribution in [-0.2, 0) is 23.9 Å². The number of aromatic nitrogens is 3. The summed E-state index contributed by atoms with van der Waals surface area (Å²) in [6, 6.07) is 5.79. The van der Waals surface area contributed by atoms with Crippen LogP contribution in [0.4, 0.5) is 13.2 Å². The van der Waals surface area contributed by atoms with Crippen LogP contribution in [0.15, 0.2) is 36.7 Å². The molecule has 0 saturated heterocycles. The number of ether oxygens (including phenoxy) is 2. The molecule has 0 spiro atoms. The predicted octanol–water partition coefficient (Wildman–Crippen LogP) is 4.73. The Morgan fingerprint density at radius 2 is 2.00 bits per heavy atom. The molecule has 3 aromatic rings. The van der Waals surface area contributed by atoms with E-state index in [-0.39, 0.29) is 11.9 Å². The Morgan fingerprint density at radius 1 is 1.21 bits per heavy atom. The van der Waals surface area contributed by atoms with E-state index in [1.54, 1.807) is 17.1 Å². The number of halogens is 3. The maximum absolute atomic E-state index is 13.2. The Hall–Kier alpha value is -2.87. The van der Waals surface area contributed by atoms with E-state index in [1.807, 2.05) is 19.9 Å². The van der Waals surface area contributed by atoms with Crippen molar-refractivity contribution >= 4 is 0 Å². The first-order valence-electron chi connectivity index (χ1n) is 9.18. The molecule has 0 aliphatic carbocycles. The highest BCUT2D eigenvalue weighted by atomic mass is 19.4. The van der Waals surface area contributed by atoms with Crippen molar-refractivity contribution in [3.05, 3.63) is 59.0 Å². The summed E-state index contributed by atoms with van der Waals surface area (Å²) in [5.74, 6) is -0.238. The van der Waals surface area contributed by atoms with Gasteiger partial charge >= 0.3 is 6.18 Å². The van der Waals surface area contributed by atoms with Crippen LogP contribution in [0.2, 0.25) is 0 Å². The summed E-state index contributed by atoms with van der Waals surface area (Å²) in [6.45, 7) is 4.29. The fourth-order valence-electron chi connectivity index (χ4n) is 3.58. The lowest BCUT2D eigenvalue weighted by atomic mass is 10.0. The van der Waals surface area contributed by atoms with E-state index in [1.165, 1.54) is 19.2 Å². The Kier molecular flexibility index (Phi) is 4.82. The minimum Gasteiger partial charge on any atom is -0.496 e. The van der Waals surface area contributed by atoms with Crippen molar-refractivity contribution in [2.45, 2.75) is 39.2 Å². The summed E-state index contributed by atoms with van der Waals surface area (Å²) in [5.41, 5.74) is 4.10. The number of fused-ring (bicyclic) bond motifs is 1. The second-order valence-electron chi connectivity index (χ2n) is 7.14. The average Bonchev–Trinajstić information content (AvgIpc) is 3.05. The molecule has 0 bridgehead atoms. The lowest BCUT2D eigenvalue weighted by Gasteiger charge is -2.21. The van der Waals surface area contributed by atoms with Gasteiger partial charge in [0, 0.05) is 36.0 Å². The number of pyridine rings is 1. The summed E-state index contributed by atoms with van der Waals surface area (Å²) < 4.78 is 52.2. The highest BCUT2D eigenvalue weighted by Gasteiger charge is 2.35. The van der Waals surface area contributed by atoms with Crippen LogP contribution in [0.5, 0.6) is 5.75 Å². The predicted molar refractivity (Wildman–Crippen MR) is 101 cm³/mol. The van der Waals surface area contributed by atoms with Gasteiger partial charge in [-0.1, -0.05) is 0 Å². The Labute approximate surface area is 166 Å². The van der Waals surface area contributed by atoms with Gasteiger partial charge in [-0.25, -0.2) is 4.68 Å². The molecule has 1 unspecified atom stereocenters. The molecule has 1 aliphatic heterocycles. The van der Waals surface area contributed by atoms with Gasteiger partial charge in [0.2, 0.25) is 0 Å². The van der Waals surface area contributed by atoms with Crippen molar-refractivity contribution in [3.63, 3.8) is 0 Å². The van der Waals surface area contributed by atoms with Crippen molar-refractivity contribution < 1.29 is 22.6 Å². The van der Waals surface area contributed by atoms with E-state index < -0.39 is 11.7 Å². The minimum absolute atomic E-state index is 0.0159. The minimum atomic E-state index is -4.49. The SMILES string of the molecule is COc1cc(-n2nc(-c3cncc(C)c3)c3c2CC(C)OC3)ccc1C(F)(F)F. The third-order valence-electron chi connectivity index (χ3n) is 4.97. The van der Waals surface area contributed by atoms with Crippen LogP contribution in [0, 0.1) is 6.92 Å². The molecule has 0 N–H and O–H groups in total. The molecule has 5 nitrogen and oxygen atoms in total. The zero-order chi connectivity index (χ0) is 20.8. The molecule has 2 aromatic heterocycles. The van der Waals surface area contributed by atoms with E-state index in [0.717, 1.165) is 34.1 Å². The Morgan fingerprint density at radius 3 is 2.69 bits per heavy atom. The second-order valence-corrected chi connectivity index (χ2v) is 7.14. The highest BCUT2D eigenvalue weighted by Crippen LogP contribution is 2.38. The van der Waals surface area contributed by atoms with Gasteiger partial charge in [-0.15, -0.1) is 0 Å². The fraction of sp³-hybridized carbons (Fsp3) is 0.333. The van der Waals surface area contributed by atoms with Gasteiger partial charge in [-0.3, -0.25) is 4.98 Å². The summed E-state index contributed by atoms with van der Waals surface area (Å²) in [4.78, 5) is 4.24. The Bertz CT molecular complexity index is 1060. The molecule has 0 saturated carbocycles. The first kappa shape index (κ1) is 19.4. The second kappa shape index (κ2) is 7.18. The number of rotatable bonds is 3. The van der Waals surface area contributed by atoms with Crippen LogP contribution < -0.4 is 4.74 Å². The molecular weight excluding hydrogens is 383 g/mol. The number of alkyl halides is 3. The van der Waals surface area contributed by atoms with Gasteiger partial charge < -0.3 is 9.47 Å². The molecule has 1 aliphatic rings. The van der Waals surface area contributed by atoms with Gasteiger partial charge in [0.1, 0.15) is 11.4 Å². The van der Waals surface area contributed by atoms with Gasteiger partial charge in [0.25, 0.3) is 0 Å². The zero-order valence-electron chi connectivity index (χ0n) is 16.2. The number of hydrogen-bond acceptors (Lipinski definition) is 4. The standard InChI is InChI=1S/C21H20F3N3O2/c1-12-6-14(10-25-9-12)20-16-11-29-13(2)7-18(16)27(26-20)15-4-5-17(21(22,23)24)19(8-15)28-3/h4-6,8-10,13H,7,11H2,1-3H3. The highest BCUT2D eigenvalue weighted by molar-refractivity contribution is 5.65. The molecule has 1 aromatic carbocycles. The van der Waals surface area contributed by atoms with Crippen LogP contribution in [0.25, 0.3) is 16.9 Å². The number of benzene rings is 1. The van der Waals surface area contributed by atoms with Crippen LogP contribution in [0.1, 0.15) is 29.3 Å². The van der Waals surface area contributed by atoms with Crippen molar-refractivity contribution in [1.82, 2.24) is 14.8 Å². The molecule has 152 valence electrons. The quantitative estimate of drug-likeness (QED) is 0.634. The summed E-state index contributed by atoms with van der Waals surface area (Å²) >= 11 is 0. The lowest BCUT2D eigenvalue weighted by molar-refractivity contribution is -0.138. The van der Waals surface area contributed by atoms with Crippen LogP contribution >= 0.6 is 0 Å². The third kappa shape index (κ3) is 3.60. The first-order chi connectivity index (χ1) is 13.8. The molecule has 8 heteroatoms. The number of hydrogen-bond donors (Lipinski definition) is 0. The molecule has 3 heterocycles. The molecule has 1 atom stereocenters. The number of nitrogens with zero attached hydrogens (tertiary/aromatic N) is 3. The number of methoxy groups -OCH3 is 1. The molecule has 0 amide bonds. The van der Waals surface area contributed by atoms with E-state index in [4.69, 9.17) is 14.6 Å². The Balaban J connectivity index is 1.88. The van der Waals surface area contributed by atoms with Gasteiger partial charge in [-0.05, 0) is 37.6 Å². The average molecular weight is 403 g/mol. The van der Waals surface area contributed by atoms with Crippen LogP contribution in [-0.4, -0.2) is 28.0 Å². The maximum atomic E-state index is 13.2. The van der Waals surface area contributed by atoms with Crippen molar-refractivity contribution in [2.75, 3.05) is 7.11 Å². The third-order valence-corrected chi connectivity index (χ3v) is 4.97. The van der Waals surface area contributed by atoms with Gasteiger partial charge in [0.15, 0.2) is 0 Å². The molecular formula is C21H20F3N3O2. The van der Waals surface area contributed by atoms with E-state index >= 15 is 0 Å². The van der Waals surface area contributed by atoms with Gasteiger partial charge in [-0.2, -0.15) is 18.3 Å². The smallest absolute Gasteiger partial charge is 0.419 e. The van der Waals surface area contributed by atoms with Crippen LogP contribution in [0.3, 0.4) is 0 Å². The lowest BCUT2D eigenvalue weighted by Crippen LogP contribution is -2.21. The summed E-state index contributed by atoms with van der Waals surface area (Å²) in [5, 5.41) is 4.73. The van der Waals surface area contributed by atoms with E-state index in [0.29, 0.717) is 18.7 Å². The molecule has 0 fully saturated rings. The van der Waals surface area contributed by atoms with E-state index in [2.05, 4.69) is 4.98 Å².